The Kier molecular flexibility index (Phi) is 4.82. The summed E-state index contributed by atoms with van der Waals surface area (Å²) in [6.07, 6.45) is 1.98. The van der Waals surface area contributed by atoms with Gasteiger partial charge in [-0.15, -0.1) is 0 Å². The van der Waals surface area contributed by atoms with Crippen LogP contribution in [-0.2, 0) is 0 Å². The predicted molar refractivity (Wildman–Crippen MR) is 151 cm³/mol. The number of hydrogen-bond acceptors (Lipinski definition) is 2. The van der Waals surface area contributed by atoms with Gasteiger partial charge in [-0.3, -0.25) is 4.98 Å². The fourth-order valence-electron chi connectivity index (χ4n) is 5.21. The molecule has 5 aromatic carbocycles. The Morgan fingerprint density at radius 2 is 0.972 bits per heavy atom. The molecule has 7 rings (SSSR count). The zero-order valence-corrected chi connectivity index (χ0v) is 19.6. The molecule has 0 radical (unpaired) electrons. The van der Waals surface area contributed by atoms with Crippen molar-refractivity contribution in [1.29, 1.82) is 0 Å². The summed E-state index contributed by atoms with van der Waals surface area (Å²) in [4.78, 5) is 9.92. The lowest BCUT2D eigenvalue weighted by atomic mass is 9.92. The van der Waals surface area contributed by atoms with Crippen molar-refractivity contribution >= 4 is 32.4 Å². The van der Waals surface area contributed by atoms with Crippen LogP contribution in [0.4, 0.5) is 0 Å². The van der Waals surface area contributed by atoms with Crippen LogP contribution in [-0.4, -0.2) is 9.97 Å². The Labute approximate surface area is 209 Å². The maximum Gasteiger partial charge on any atom is 0.0972 e. The molecular weight excluding hydrogens is 436 g/mol. The van der Waals surface area contributed by atoms with Gasteiger partial charge in [0.2, 0.25) is 0 Å². The third-order valence-electron chi connectivity index (χ3n) is 6.93. The third-order valence-corrected chi connectivity index (χ3v) is 6.93. The van der Waals surface area contributed by atoms with E-state index in [4.69, 9.17) is 9.97 Å². The Morgan fingerprint density at radius 1 is 0.389 bits per heavy atom. The highest BCUT2D eigenvalue weighted by Gasteiger charge is 2.13. The summed E-state index contributed by atoms with van der Waals surface area (Å²) >= 11 is 0. The summed E-state index contributed by atoms with van der Waals surface area (Å²) in [5, 5.41) is 5.95. The number of fused-ring (bicyclic) bond motifs is 4. The van der Waals surface area contributed by atoms with Crippen molar-refractivity contribution in [2.75, 3.05) is 0 Å². The van der Waals surface area contributed by atoms with Crippen molar-refractivity contribution in [3.8, 4) is 33.6 Å². The van der Waals surface area contributed by atoms with Crippen molar-refractivity contribution < 1.29 is 0 Å². The van der Waals surface area contributed by atoms with Gasteiger partial charge < -0.3 is 0 Å². The van der Waals surface area contributed by atoms with Crippen molar-refractivity contribution in [2.45, 2.75) is 0 Å². The molecule has 0 bridgehead atoms. The second-order valence-corrected chi connectivity index (χ2v) is 9.03. The van der Waals surface area contributed by atoms with Gasteiger partial charge in [0.25, 0.3) is 0 Å². The topological polar surface area (TPSA) is 25.8 Å². The molecule has 7 aromatic rings. The third kappa shape index (κ3) is 3.35. The summed E-state index contributed by atoms with van der Waals surface area (Å²) in [7, 11) is 0. The van der Waals surface area contributed by atoms with E-state index in [1.165, 1.54) is 38.2 Å². The van der Waals surface area contributed by atoms with Gasteiger partial charge in [0, 0.05) is 22.5 Å². The minimum Gasteiger partial charge on any atom is -0.254 e. The molecule has 36 heavy (non-hydrogen) atoms. The van der Waals surface area contributed by atoms with Gasteiger partial charge in [0.1, 0.15) is 0 Å². The number of rotatable bonds is 3. The van der Waals surface area contributed by atoms with E-state index in [2.05, 4.69) is 121 Å². The summed E-state index contributed by atoms with van der Waals surface area (Å²) in [5.74, 6) is 0. The average Bonchev–Trinajstić information content (AvgIpc) is 2.97. The highest BCUT2D eigenvalue weighted by atomic mass is 14.8. The van der Waals surface area contributed by atoms with Crippen LogP contribution in [0.2, 0.25) is 0 Å². The second kappa shape index (κ2) is 8.44. The average molecular weight is 459 g/mol. The fraction of sp³-hybridized carbons (Fsp3) is 0. The van der Waals surface area contributed by atoms with Crippen LogP contribution >= 0.6 is 0 Å². The largest absolute Gasteiger partial charge is 0.254 e. The minimum atomic E-state index is 0.880. The maximum atomic E-state index is 5.01. The van der Waals surface area contributed by atoms with E-state index in [1.54, 1.807) is 0 Å². The first-order valence-electron chi connectivity index (χ1n) is 12.2. The van der Waals surface area contributed by atoms with Gasteiger partial charge >= 0.3 is 0 Å². The predicted octanol–water partition coefficient (Wildman–Crippen LogP) is 8.94. The molecule has 2 heteroatoms. The number of para-hydroxylation sites is 1. The maximum absolute atomic E-state index is 5.01. The summed E-state index contributed by atoms with van der Waals surface area (Å²) < 4.78 is 0. The molecule has 0 spiro atoms. The number of nitrogens with zero attached hydrogens (tertiary/aromatic N) is 2. The van der Waals surface area contributed by atoms with Gasteiger partial charge in [-0.05, 0) is 45.0 Å². The highest BCUT2D eigenvalue weighted by Crippen LogP contribution is 2.36. The SMILES string of the molecule is c1ccc(-c2ccc(-c3ccc(-c4nc5ccccc5c5ccccc45)nc3)c3ccccc23)cc1. The van der Waals surface area contributed by atoms with Crippen molar-refractivity contribution in [2.24, 2.45) is 0 Å². The lowest BCUT2D eigenvalue weighted by Gasteiger charge is -2.13. The van der Waals surface area contributed by atoms with E-state index in [0.29, 0.717) is 0 Å². The Hall–Kier alpha value is -4.82. The molecule has 0 aliphatic rings. The fourth-order valence-corrected chi connectivity index (χ4v) is 5.21. The Morgan fingerprint density at radius 3 is 1.67 bits per heavy atom. The first-order valence-corrected chi connectivity index (χ1v) is 12.2. The zero-order chi connectivity index (χ0) is 23.9. The Balaban J connectivity index is 1.36. The molecule has 0 aliphatic carbocycles. The smallest absolute Gasteiger partial charge is 0.0972 e. The van der Waals surface area contributed by atoms with E-state index >= 15 is 0 Å². The molecule has 2 heterocycles. The standard InChI is InChI=1S/C34H22N2/c1-2-10-23(11-3-1)25-19-20-26(28-13-5-4-12-27(25)28)24-18-21-33(35-22-24)34-31-16-7-6-14-29(31)30-15-8-9-17-32(30)36-34/h1-22H. The van der Waals surface area contributed by atoms with Gasteiger partial charge in [-0.25, -0.2) is 4.98 Å². The zero-order valence-electron chi connectivity index (χ0n) is 19.6. The monoisotopic (exact) mass is 458 g/mol. The number of pyridine rings is 2. The first-order chi connectivity index (χ1) is 17.9. The van der Waals surface area contributed by atoms with E-state index in [1.807, 2.05) is 12.3 Å². The summed E-state index contributed by atoms with van der Waals surface area (Å²) in [5.41, 5.74) is 7.53. The number of aromatic nitrogens is 2. The quantitative estimate of drug-likeness (QED) is 0.247. The van der Waals surface area contributed by atoms with Crippen LogP contribution in [0.15, 0.2) is 134 Å². The van der Waals surface area contributed by atoms with Gasteiger partial charge in [-0.2, -0.15) is 0 Å². The normalized spacial score (nSPS) is 11.3. The molecule has 0 N–H and O–H groups in total. The molecule has 0 aliphatic heterocycles. The van der Waals surface area contributed by atoms with E-state index in [0.717, 1.165) is 27.9 Å². The molecule has 2 aromatic heterocycles. The summed E-state index contributed by atoms with van der Waals surface area (Å²) in [6.45, 7) is 0. The molecular formula is C34H22N2. The molecule has 0 saturated carbocycles. The van der Waals surface area contributed by atoms with Gasteiger partial charge in [0.05, 0.1) is 16.9 Å². The van der Waals surface area contributed by atoms with Crippen LogP contribution < -0.4 is 0 Å². The molecule has 168 valence electrons. The van der Waals surface area contributed by atoms with E-state index < -0.39 is 0 Å². The van der Waals surface area contributed by atoms with Crippen LogP contribution in [0.3, 0.4) is 0 Å². The van der Waals surface area contributed by atoms with Crippen LogP contribution in [0.1, 0.15) is 0 Å². The number of hydrogen-bond donors (Lipinski definition) is 0. The van der Waals surface area contributed by atoms with Crippen molar-refractivity contribution in [3.05, 3.63) is 134 Å². The molecule has 2 nitrogen and oxygen atoms in total. The van der Waals surface area contributed by atoms with Crippen LogP contribution in [0.25, 0.3) is 66.1 Å². The molecule has 0 atom stereocenters. The van der Waals surface area contributed by atoms with Crippen LogP contribution in [0, 0.1) is 0 Å². The summed E-state index contributed by atoms with van der Waals surface area (Å²) in [6, 6.07) is 44.6. The van der Waals surface area contributed by atoms with Crippen molar-refractivity contribution in [1.82, 2.24) is 9.97 Å². The Bertz CT molecular complexity index is 1870. The molecule has 0 saturated heterocycles. The highest BCUT2D eigenvalue weighted by molar-refractivity contribution is 6.10. The lowest BCUT2D eigenvalue weighted by molar-refractivity contribution is 1.29. The molecule has 0 unspecified atom stereocenters. The minimum absolute atomic E-state index is 0.880. The van der Waals surface area contributed by atoms with Gasteiger partial charge in [-0.1, -0.05) is 115 Å². The second-order valence-electron chi connectivity index (χ2n) is 9.03. The number of benzene rings is 5. The first kappa shape index (κ1) is 20.5. The van der Waals surface area contributed by atoms with E-state index in [9.17, 15) is 0 Å². The lowest BCUT2D eigenvalue weighted by Crippen LogP contribution is -1.92. The van der Waals surface area contributed by atoms with Gasteiger partial charge in [0.15, 0.2) is 0 Å². The van der Waals surface area contributed by atoms with Crippen molar-refractivity contribution in [3.63, 3.8) is 0 Å². The molecule has 0 amide bonds. The van der Waals surface area contributed by atoms with Crippen LogP contribution in [0.5, 0.6) is 0 Å². The molecule has 0 fully saturated rings. The van der Waals surface area contributed by atoms with E-state index in [-0.39, 0.29) is 0 Å².